The third kappa shape index (κ3) is 23.1. The van der Waals surface area contributed by atoms with Gasteiger partial charge < -0.3 is 34.9 Å². The maximum absolute atomic E-state index is 11.2. The minimum atomic E-state index is -0.106. The molecule has 1 heterocycles. The Hall–Kier alpha value is -2.61. The van der Waals surface area contributed by atoms with Crippen LogP contribution in [0.1, 0.15) is 53.7 Å². The van der Waals surface area contributed by atoms with E-state index in [1.54, 1.807) is 4.68 Å². The molecule has 13 heteroatoms. The van der Waals surface area contributed by atoms with Crippen LogP contribution in [0.15, 0.2) is 6.20 Å². The molecule has 3 amide bonds. The molecule has 0 saturated carbocycles. The van der Waals surface area contributed by atoms with Crippen LogP contribution in [-0.2, 0) is 46.5 Å². The largest absolute Gasteiger partial charge is 0.379 e. The Morgan fingerprint density at radius 1 is 0.861 bits per heavy atom. The van der Waals surface area contributed by atoms with Gasteiger partial charge in [-0.3, -0.25) is 14.4 Å². The van der Waals surface area contributed by atoms with Crippen LogP contribution >= 0.6 is 0 Å². The van der Waals surface area contributed by atoms with Crippen molar-refractivity contribution in [1.82, 2.24) is 30.9 Å². The summed E-state index contributed by atoms with van der Waals surface area (Å²) >= 11 is 0. The van der Waals surface area contributed by atoms with E-state index in [4.69, 9.17) is 18.9 Å². The maximum Gasteiger partial charge on any atom is 0.224 e. The van der Waals surface area contributed by atoms with Crippen LogP contribution in [0.4, 0.5) is 0 Å². The van der Waals surface area contributed by atoms with Crippen molar-refractivity contribution < 1.29 is 33.3 Å². The zero-order chi connectivity index (χ0) is 27.2. The molecular formula is C23H44N6O7. The zero-order valence-corrected chi connectivity index (χ0v) is 22.5. The highest BCUT2D eigenvalue weighted by atomic mass is 16.5. The Bertz CT molecular complexity index is 728. The van der Waals surface area contributed by atoms with Crippen molar-refractivity contribution >= 4 is 17.7 Å². The van der Waals surface area contributed by atoms with E-state index in [0.29, 0.717) is 59.1 Å². The summed E-state index contributed by atoms with van der Waals surface area (Å²) < 4.78 is 22.8. The quantitative estimate of drug-likeness (QED) is 0.185. The second-order valence-electron chi connectivity index (χ2n) is 8.23. The molecule has 36 heavy (non-hydrogen) atoms. The van der Waals surface area contributed by atoms with Crippen LogP contribution in [0.2, 0.25) is 0 Å². The third-order valence-corrected chi connectivity index (χ3v) is 4.02. The number of hydrogen-bond acceptors (Lipinski definition) is 9. The van der Waals surface area contributed by atoms with Gasteiger partial charge in [0.2, 0.25) is 17.7 Å². The molecule has 0 atom stereocenters. The van der Waals surface area contributed by atoms with Gasteiger partial charge in [-0.2, -0.15) is 0 Å². The number of carbonyl (C=O) groups excluding carboxylic acids is 3. The standard InChI is InChI=1S/C12H22N4O3.C11H22N2O4/c1-10(2)19-9-12-8-16(15-14-12)5-7-18-6-4-13-11(3)17;1-9(2)17-8-13-11(15)4-6-16-7-5-12-10(3)14/h8,10H,4-7,9H2,1-3H3,(H,13,17);9H,4-8H2,1-3H3,(H,12,14)(H,13,15). The van der Waals surface area contributed by atoms with Crippen molar-refractivity contribution in [2.75, 3.05) is 46.2 Å². The molecule has 0 fully saturated rings. The smallest absolute Gasteiger partial charge is 0.224 e. The van der Waals surface area contributed by atoms with Gasteiger partial charge in [0.05, 0.1) is 64.4 Å². The number of ether oxygens (including phenoxy) is 4. The van der Waals surface area contributed by atoms with Crippen LogP contribution in [0.5, 0.6) is 0 Å². The average Bonchev–Trinajstić information content (AvgIpc) is 3.24. The summed E-state index contributed by atoms with van der Waals surface area (Å²) in [6.45, 7) is 14.8. The molecule has 0 radical (unpaired) electrons. The Balaban J connectivity index is 0.000000686. The molecule has 208 valence electrons. The van der Waals surface area contributed by atoms with E-state index in [2.05, 4.69) is 26.3 Å². The molecule has 1 aromatic rings. The van der Waals surface area contributed by atoms with E-state index in [0.717, 1.165) is 5.69 Å². The van der Waals surface area contributed by atoms with E-state index in [9.17, 15) is 14.4 Å². The molecule has 0 aliphatic rings. The SMILES string of the molecule is CC(=O)NCCOCCC(=O)NCOC(C)C.CC(=O)NCCOCCn1cc(COC(C)C)nn1. The summed E-state index contributed by atoms with van der Waals surface area (Å²) in [5, 5.41) is 15.8. The van der Waals surface area contributed by atoms with Crippen molar-refractivity contribution in [2.24, 2.45) is 0 Å². The van der Waals surface area contributed by atoms with Crippen LogP contribution < -0.4 is 16.0 Å². The molecule has 0 unspecified atom stereocenters. The minimum Gasteiger partial charge on any atom is -0.379 e. The molecule has 3 N–H and O–H groups in total. The van der Waals surface area contributed by atoms with Crippen LogP contribution in [0.25, 0.3) is 0 Å². The third-order valence-electron chi connectivity index (χ3n) is 4.02. The van der Waals surface area contributed by atoms with Crippen molar-refractivity contribution in [3.05, 3.63) is 11.9 Å². The first kappa shape index (κ1) is 33.4. The topological polar surface area (TPSA) is 155 Å². The van der Waals surface area contributed by atoms with Gasteiger partial charge in [0.1, 0.15) is 12.4 Å². The Labute approximate surface area is 213 Å². The second kappa shape index (κ2) is 21.7. The van der Waals surface area contributed by atoms with E-state index >= 15 is 0 Å². The molecule has 13 nitrogen and oxygen atoms in total. The lowest BCUT2D eigenvalue weighted by Gasteiger charge is -2.09. The van der Waals surface area contributed by atoms with Gasteiger partial charge in [0, 0.05) is 26.9 Å². The second-order valence-corrected chi connectivity index (χ2v) is 8.23. The Morgan fingerprint density at radius 3 is 2.00 bits per heavy atom. The van der Waals surface area contributed by atoms with Crippen LogP contribution in [0, 0.1) is 0 Å². The van der Waals surface area contributed by atoms with Gasteiger partial charge in [0.15, 0.2) is 0 Å². The average molecular weight is 517 g/mol. The van der Waals surface area contributed by atoms with Gasteiger partial charge >= 0.3 is 0 Å². The lowest BCUT2D eigenvalue weighted by molar-refractivity contribution is -0.124. The number of nitrogens with one attached hydrogen (secondary N) is 3. The van der Waals surface area contributed by atoms with Gasteiger partial charge in [-0.25, -0.2) is 4.68 Å². The first-order chi connectivity index (χ1) is 17.1. The molecule has 1 aromatic heterocycles. The lowest BCUT2D eigenvalue weighted by Crippen LogP contribution is -2.29. The summed E-state index contributed by atoms with van der Waals surface area (Å²) in [5.41, 5.74) is 0.812. The molecular weight excluding hydrogens is 472 g/mol. The highest BCUT2D eigenvalue weighted by molar-refractivity contribution is 5.75. The molecule has 0 spiro atoms. The van der Waals surface area contributed by atoms with Gasteiger partial charge in [0.25, 0.3) is 0 Å². The van der Waals surface area contributed by atoms with Crippen molar-refractivity contribution in [3.63, 3.8) is 0 Å². The Morgan fingerprint density at radius 2 is 1.44 bits per heavy atom. The van der Waals surface area contributed by atoms with E-state index in [-0.39, 0.29) is 36.7 Å². The predicted molar refractivity (Wildman–Crippen MR) is 133 cm³/mol. The fourth-order valence-corrected chi connectivity index (χ4v) is 2.27. The van der Waals surface area contributed by atoms with Gasteiger partial charge in [-0.15, -0.1) is 5.10 Å². The number of rotatable bonds is 18. The summed E-state index contributed by atoms with van der Waals surface area (Å²) in [4.78, 5) is 32.3. The number of nitrogens with zero attached hydrogens (tertiary/aromatic N) is 3. The number of carbonyl (C=O) groups is 3. The first-order valence-electron chi connectivity index (χ1n) is 12.1. The summed E-state index contributed by atoms with van der Waals surface area (Å²) in [7, 11) is 0. The highest BCUT2D eigenvalue weighted by Gasteiger charge is 2.03. The summed E-state index contributed by atoms with van der Waals surface area (Å²) in [6.07, 6.45) is 2.42. The first-order valence-corrected chi connectivity index (χ1v) is 12.1. The molecule has 1 rings (SSSR count). The monoisotopic (exact) mass is 516 g/mol. The van der Waals surface area contributed by atoms with Crippen molar-refractivity contribution in [3.8, 4) is 0 Å². The van der Waals surface area contributed by atoms with E-state index < -0.39 is 0 Å². The molecule has 0 saturated heterocycles. The zero-order valence-electron chi connectivity index (χ0n) is 22.5. The van der Waals surface area contributed by atoms with Crippen LogP contribution in [-0.4, -0.2) is 91.2 Å². The van der Waals surface area contributed by atoms with Crippen LogP contribution in [0.3, 0.4) is 0 Å². The van der Waals surface area contributed by atoms with Crippen molar-refractivity contribution in [2.45, 2.75) is 73.3 Å². The number of aromatic nitrogens is 3. The lowest BCUT2D eigenvalue weighted by atomic mass is 10.4. The maximum atomic E-state index is 11.2. The fraction of sp³-hybridized carbons (Fsp3) is 0.783. The van der Waals surface area contributed by atoms with Gasteiger partial charge in [-0.05, 0) is 27.7 Å². The molecule has 0 bridgehead atoms. The van der Waals surface area contributed by atoms with Crippen molar-refractivity contribution in [1.29, 1.82) is 0 Å². The molecule has 0 aliphatic heterocycles. The molecule has 0 aliphatic carbocycles. The Kier molecular flexibility index (Phi) is 20.1. The summed E-state index contributed by atoms with van der Waals surface area (Å²) in [5.74, 6) is -0.239. The number of amides is 3. The predicted octanol–water partition coefficient (Wildman–Crippen LogP) is 0.384. The van der Waals surface area contributed by atoms with E-state index in [1.807, 2.05) is 33.9 Å². The van der Waals surface area contributed by atoms with Gasteiger partial charge in [-0.1, -0.05) is 5.21 Å². The van der Waals surface area contributed by atoms with E-state index in [1.165, 1.54) is 13.8 Å². The molecule has 0 aromatic carbocycles. The highest BCUT2D eigenvalue weighted by Crippen LogP contribution is 1.99. The fourth-order valence-electron chi connectivity index (χ4n) is 2.27. The normalized spacial score (nSPS) is 10.7. The number of hydrogen-bond donors (Lipinski definition) is 3. The minimum absolute atomic E-state index is 0.0466. The summed E-state index contributed by atoms with van der Waals surface area (Å²) in [6, 6.07) is 0.